The second-order valence-electron chi connectivity index (χ2n) is 5.94. The number of ether oxygens (including phenoxy) is 1. The minimum absolute atomic E-state index is 0.341. The Morgan fingerprint density at radius 2 is 1.82 bits per heavy atom. The maximum absolute atomic E-state index is 14.6. The average Bonchev–Trinajstić information content (AvgIpc) is 3.17. The zero-order valence-electron chi connectivity index (χ0n) is 15.1. The van der Waals surface area contributed by atoms with Crippen LogP contribution in [0.25, 0.3) is 17.1 Å². The van der Waals surface area contributed by atoms with Gasteiger partial charge in [0.25, 0.3) is 0 Å². The van der Waals surface area contributed by atoms with Crippen LogP contribution in [0.4, 0.5) is 4.39 Å². The fourth-order valence-electron chi connectivity index (χ4n) is 2.86. The van der Waals surface area contributed by atoms with Gasteiger partial charge in [-0.1, -0.05) is 42.1 Å². The molecule has 140 valence electrons. The summed E-state index contributed by atoms with van der Waals surface area (Å²) in [5, 5.41) is 9.23. The van der Waals surface area contributed by atoms with E-state index in [1.54, 1.807) is 42.3 Å². The highest BCUT2D eigenvalue weighted by Gasteiger charge is 2.19. The first-order chi connectivity index (χ1) is 13.8. The van der Waals surface area contributed by atoms with Crippen LogP contribution in [-0.4, -0.2) is 26.9 Å². The molecule has 5 nitrogen and oxygen atoms in total. The van der Waals surface area contributed by atoms with E-state index in [1.807, 2.05) is 36.4 Å². The van der Waals surface area contributed by atoms with Gasteiger partial charge in [-0.3, -0.25) is 9.55 Å². The molecule has 0 amide bonds. The summed E-state index contributed by atoms with van der Waals surface area (Å²) in [5.74, 6) is 1.62. The number of hydrogen-bond acceptors (Lipinski definition) is 5. The number of pyridine rings is 1. The first kappa shape index (κ1) is 18.2. The van der Waals surface area contributed by atoms with Crippen molar-refractivity contribution < 1.29 is 9.13 Å². The summed E-state index contributed by atoms with van der Waals surface area (Å²) < 4.78 is 21.7. The van der Waals surface area contributed by atoms with Gasteiger partial charge in [-0.25, -0.2) is 4.39 Å². The lowest BCUT2D eigenvalue weighted by Gasteiger charge is -2.12. The van der Waals surface area contributed by atoms with E-state index in [9.17, 15) is 4.39 Å². The van der Waals surface area contributed by atoms with Crippen molar-refractivity contribution in [3.8, 4) is 22.8 Å². The molecule has 0 N–H and O–H groups in total. The maximum atomic E-state index is 14.6. The van der Waals surface area contributed by atoms with Crippen molar-refractivity contribution in [2.24, 2.45) is 0 Å². The van der Waals surface area contributed by atoms with Crippen LogP contribution in [0.2, 0.25) is 0 Å². The number of benzene rings is 2. The summed E-state index contributed by atoms with van der Waals surface area (Å²) >= 11 is 1.47. The van der Waals surface area contributed by atoms with Crippen molar-refractivity contribution in [3.63, 3.8) is 0 Å². The second kappa shape index (κ2) is 8.22. The third-order valence-corrected chi connectivity index (χ3v) is 5.17. The molecule has 2 aromatic heterocycles. The number of thioether (sulfide) groups is 1. The van der Waals surface area contributed by atoms with Crippen molar-refractivity contribution in [2.75, 3.05) is 7.11 Å². The zero-order valence-corrected chi connectivity index (χ0v) is 15.9. The third kappa shape index (κ3) is 3.61. The van der Waals surface area contributed by atoms with Crippen LogP contribution < -0.4 is 4.74 Å². The fourth-order valence-corrected chi connectivity index (χ4v) is 3.80. The Kier molecular flexibility index (Phi) is 5.34. The highest BCUT2D eigenvalue weighted by Crippen LogP contribution is 2.32. The molecule has 4 aromatic rings. The van der Waals surface area contributed by atoms with Crippen LogP contribution in [0.1, 0.15) is 5.56 Å². The van der Waals surface area contributed by atoms with Gasteiger partial charge >= 0.3 is 0 Å². The smallest absolute Gasteiger partial charge is 0.196 e. The Bertz CT molecular complexity index is 1080. The molecule has 0 spiro atoms. The van der Waals surface area contributed by atoms with Gasteiger partial charge in [0.1, 0.15) is 11.6 Å². The normalized spacial score (nSPS) is 10.8. The molecule has 2 heterocycles. The molecule has 0 atom stereocenters. The number of para-hydroxylation sites is 2. The van der Waals surface area contributed by atoms with Gasteiger partial charge in [-0.2, -0.15) is 0 Å². The molecule has 28 heavy (non-hydrogen) atoms. The molecule has 0 aliphatic carbocycles. The molecule has 0 bridgehead atoms. The summed E-state index contributed by atoms with van der Waals surface area (Å²) in [6.07, 6.45) is 3.38. The van der Waals surface area contributed by atoms with Gasteiger partial charge in [0.2, 0.25) is 0 Å². The van der Waals surface area contributed by atoms with E-state index in [-0.39, 0.29) is 5.82 Å². The summed E-state index contributed by atoms with van der Waals surface area (Å²) in [4.78, 5) is 4.15. The first-order valence-corrected chi connectivity index (χ1v) is 9.62. The van der Waals surface area contributed by atoms with Crippen molar-refractivity contribution in [1.29, 1.82) is 0 Å². The topological polar surface area (TPSA) is 52.8 Å². The molecule has 2 aromatic carbocycles. The van der Waals surface area contributed by atoms with Crippen LogP contribution in [-0.2, 0) is 5.75 Å². The van der Waals surface area contributed by atoms with E-state index in [0.717, 1.165) is 16.9 Å². The Labute approximate surface area is 166 Å². The van der Waals surface area contributed by atoms with Crippen molar-refractivity contribution in [2.45, 2.75) is 10.9 Å². The van der Waals surface area contributed by atoms with E-state index in [1.165, 1.54) is 17.8 Å². The van der Waals surface area contributed by atoms with Crippen molar-refractivity contribution >= 4 is 11.8 Å². The Morgan fingerprint density at radius 1 is 1.00 bits per heavy atom. The molecule has 0 radical (unpaired) electrons. The average molecular weight is 392 g/mol. The first-order valence-electron chi connectivity index (χ1n) is 8.63. The lowest BCUT2D eigenvalue weighted by molar-refractivity contribution is 0.411. The van der Waals surface area contributed by atoms with Gasteiger partial charge in [0.15, 0.2) is 11.0 Å². The van der Waals surface area contributed by atoms with Gasteiger partial charge in [-0.05, 0) is 30.3 Å². The summed E-state index contributed by atoms with van der Waals surface area (Å²) in [6, 6.07) is 18.1. The third-order valence-electron chi connectivity index (χ3n) is 4.20. The van der Waals surface area contributed by atoms with Crippen LogP contribution in [0, 0.1) is 5.82 Å². The quantitative estimate of drug-likeness (QED) is 0.443. The van der Waals surface area contributed by atoms with Gasteiger partial charge in [0, 0.05) is 29.3 Å². The second-order valence-corrected chi connectivity index (χ2v) is 6.88. The summed E-state index contributed by atoms with van der Waals surface area (Å²) in [7, 11) is 1.64. The molecule has 7 heteroatoms. The number of hydrogen-bond donors (Lipinski definition) is 0. The number of rotatable bonds is 6. The number of halogens is 1. The summed E-state index contributed by atoms with van der Waals surface area (Å²) in [6.45, 7) is 0. The lowest BCUT2D eigenvalue weighted by Crippen LogP contribution is -2.02. The lowest BCUT2D eigenvalue weighted by atomic mass is 10.2. The standard InChI is InChI=1S/C21H17FN4OS/c1-27-19-11-5-2-7-16(19)14-28-21-25-24-20(15-8-6-12-23-13-15)26(21)18-10-4-3-9-17(18)22/h2-13H,14H2,1H3. The number of nitrogens with zero attached hydrogens (tertiary/aromatic N) is 4. The maximum Gasteiger partial charge on any atom is 0.196 e. The SMILES string of the molecule is COc1ccccc1CSc1nnc(-c2cccnc2)n1-c1ccccc1F. The van der Waals surface area contributed by atoms with Crippen molar-refractivity contribution in [3.05, 3.63) is 84.4 Å². The molecule has 0 saturated heterocycles. The molecule has 0 fully saturated rings. The minimum Gasteiger partial charge on any atom is -0.496 e. The van der Waals surface area contributed by atoms with E-state index < -0.39 is 0 Å². The minimum atomic E-state index is -0.341. The Balaban J connectivity index is 1.76. The van der Waals surface area contributed by atoms with E-state index >= 15 is 0 Å². The predicted octanol–water partition coefficient (Wildman–Crippen LogP) is 4.77. The molecule has 4 rings (SSSR count). The van der Waals surface area contributed by atoms with Crippen LogP contribution in [0.5, 0.6) is 5.75 Å². The molecule has 0 saturated carbocycles. The van der Waals surface area contributed by atoms with Crippen LogP contribution in [0.15, 0.2) is 78.2 Å². The van der Waals surface area contributed by atoms with Gasteiger partial charge in [0.05, 0.1) is 12.8 Å². The monoisotopic (exact) mass is 392 g/mol. The van der Waals surface area contributed by atoms with E-state index in [4.69, 9.17) is 4.74 Å². The highest BCUT2D eigenvalue weighted by molar-refractivity contribution is 7.98. The molecule has 0 unspecified atom stereocenters. The molecular weight excluding hydrogens is 375 g/mol. The van der Waals surface area contributed by atoms with Crippen LogP contribution >= 0.6 is 11.8 Å². The zero-order chi connectivity index (χ0) is 19.3. The Morgan fingerprint density at radius 3 is 2.61 bits per heavy atom. The molecule has 0 aliphatic rings. The van der Waals surface area contributed by atoms with E-state index in [2.05, 4.69) is 15.2 Å². The molecular formula is C21H17FN4OS. The fraction of sp³-hybridized carbons (Fsp3) is 0.0952. The van der Waals surface area contributed by atoms with Crippen molar-refractivity contribution in [1.82, 2.24) is 19.7 Å². The molecule has 0 aliphatic heterocycles. The van der Waals surface area contributed by atoms with Gasteiger partial charge < -0.3 is 4.74 Å². The van der Waals surface area contributed by atoms with Gasteiger partial charge in [-0.15, -0.1) is 10.2 Å². The number of aromatic nitrogens is 4. The predicted molar refractivity (Wildman–Crippen MR) is 107 cm³/mol. The summed E-state index contributed by atoms with van der Waals surface area (Å²) in [5.41, 5.74) is 2.19. The highest BCUT2D eigenvalue weighted by atomic mass is 32.2. The van der Waals surface area contributed by atoms with E-state index in [0.29, 0.717) is 22.4 Å². The Hall–Kier alpha value is -3.19. The largest absolute Gasteiger partial charge is 0.496 e. The number of methoxy groups -OCH3 is 1. The van der Waals surface area contributed by atoms with Crippen LogP contribution in [0.3, 0.4) is 0 Å².